The number of ketones is 1. The minimum absolute atomic E-state index is 0.0383. The Morgan fingerprint density at radius 2 is 1.89 bits per heavy atom. The van der Waals surface area contributed by atoms with E-state index in [0.29, 0.717) is 5.92 Å². The summed E-state index contributed by atoms with van der Waals surface area (Å²) in [5.74, 6) is -0.932. The Labute approximate surface area is 106 Å². The molecule has 18 heavy (non-hydrogen) atoms. The van der Waals surface area contributed by atoms with Crippen LogP contribution in [0.5, 0.6) is 0 Å². The molecule has 0 unspecified atom stereocenters. The molecule has 0 aromatic heterocycles. The quantitative estimate of drug-likeness (QED) is 0.730. The molecule has 0 spiro atoms. The number of carbonyl (C=O) groups excluding carboxylic acids is 1. The first-order valence-electron chi connectivity index (χ1n) is 6.61. The molecule has 0 N–H and O–H groups in total. The van der Waals surface area contributed by atoms with Crippen molar-refractivity contribution in [3.63, 3.8) is 0 Å². The van der Waals surface area contributed by atoms with Gasteiger partial charge in [-0.2, -0.15) is 0 Å². The summed E-state index contributed by atoms with van der Waals surface area (Å²) >= 11 is 0. The number of carbonyl (C=O) groups is 1. The highest BCUT2D eigenvalue weighted by Gasteiger charge is 2.27. The molecule has 0 atom stereocenters. The molecule has 1 aliphatic carbocycles. The third-order valence-electron chi connectivity index (χ3n) is 3.99. The zero-order chi connectivity index (χ0) is 13.1. The zero-order valence-electron chi connectivity index (χ0n) is 10.6. The smallest absolute Gasteiger partial charge is 0.168 e. The van der Waals surface area contributed by atoms with Crippen molar-refractivity contribution in [1.82, 2.24) is 0 Å². The second-order valence-corrected chi connectivity index (χ2v) is 5.11. The summed E-state index contributed by atoms with van der Waals surface area (Å²) in [6.07, 6.45) is 4.87. The molecular weight excluding hydrogens is 234 g/mol. The molecule has 0 saturated heterocycles. The van der Waals surface area contributed by atoms with Gasteiger partial charge in [-0.15, -0.1) is 0 Å². The number of benzene rings is 1. The average Bonchev–Trinajstić information content (AvgIpc) is 2.38. The van der Waals surface area contributed by atoms with Gasteiger partial charge in [-0.25, -0.2) is 8.78 Å². The highest BCUT2D eigenvalue weighted by molar-refractivity contribution is 5.98. The maximum atomic E-state index is 13.5. The fraction of sp³-hybridized carbons (Fsp3) is 0.533. The summed E-state index contributed by atoms with van der Waals surface area (Å²) in [5, 5.41) is 0. The van der Waals surface area contributed by atoms with Crippen molar-refractivity contribution in [1.29, 1.82) is 0 Å². The van der Waals surface area contributed by atoms with Crippen molar-refractivity contribution >= 4 is 5.78 Å². The van der Waals surface area contributed by atoms with E-state index < -0.39 is 11.6 Å². The summed E-state index contributed by atoms with van der Waals surface area (Å²) in [7, 11) is 0. The SMILES string of the molecule is CCC1CCC(C(=O)c2ccc(F)cc2F)CC1. The van der Waals surface area contributed by atoms with Crippen LogP contribution in [-0.2, 0) is 0 Å². The van der Waals surface area contributed by atoms with Gasteiger partial charge >= 0.3 is 0 Å². The van der Waals surface area contributed by atoms with E-state index in [1.165, 1.54) is 6.07 Å². The monoisotopic (exact) mass is 252 g/mol. The Balaban J connectivity index is 2.08. The van der Waals surface area contributed by atoms with Gasteiger partial charge in [0.2, 0.25) is 0 Å². The summed E-state index contributed by atoms with van der Waals surface area (Å²) < 4.78 is 26.3. The Bertz CT molecular complexity index is 434. The van der Waals surface area contributed by atoms with E-state index in [1.807, 2.05) is 0 Å². The van der Waals surface area contributed by atoms with Crippen molar-refractivity contribution in [2.24, 2.45) is 11.8 Å². The van der Waals surface area contributed by atoms with E-state index in [0.717, 1.165) is 44.2 Å². The van der Waals surface area contributed by atoms with Crippen LogP contribution in [0.25, 0.3) is 0 Å². The minimum atomic E-state index is -0.738. The molecule has 1 fully saturated rings. The van der Waals surface area contributed by atoms with Gasteiger partial charge in [0.1, 0.15) is 11.6 Å². The Morgan fingerprint density at radius 1 is 1.22 bits per heavy atom. The first-order chi connectivity index (χ1) is 8.61. The normalized spacial score (nSPS) is 23.9. The number of hydrogen-bond acceptors (Lipinski definition) is 1. The molecule has 2 rings (SSSR count). The molecule has 98 valence electrons. The second-order valence-electron chi connectivity index (χ2n) is 5.11. The molecule has 1 saturated carbocycles. The van der Waals surface area contributed by atoms with Crippen LogP contribution in [0.3, 0.4) is 0 Å². The predicted molar refractivity (Wildman–Crippen MR) is 66.4 cm³/mol. The highest BCUT2D eigenvalue weighted by atomic mass is 19.1. The lowest BCUT2D eigenvalue weighted by atomic mass is 9.78. The number of Topliss-reactive ketones (excluding diaryl/α,β-unsaturated/α-hetero) is 1. The van der Waals surface area contributed by atoms with Crippen LogP contribution in [0, 0.1) is 23.5 Å². The van der Waals surface area contributed by atoms with Gasteiger partial charge in [0.15, 0.2) is 5.78 Å². The van der Waals surface area contributed by atoms with Crippen LogP contribution in [0.4, 0.5) is 8.78 Å². The summed E-state index contributed by atoms with van der Waals surface area (Å²) in [4.78, 5) is 12.2. The zero-order valence-corrected chi connectivity index (χ0v) is 10.6. The lowest BCUT2D eigenvalue weighted by Gasteiger charge is -2.26. The van der Waals surface area contributed by atoms with Crippen LogP contribution in [0.1, 0.15) is 49.4 Å². The minimum Gasteiger partial charge on any atom is -0.294 e. The molecule has 0 amide bonds. The fourth-order valence-corrected chi connectivity index (χ4v) is 2.74. The molecule has 0 heterocycles. The second kappa shape index (κ2) is 5.59. The van der Waals surface area contributed by atoms with Crippen molar-refractivity contribution < 1.29 is 13.6 Å². The molecule has 0 radical (unpaired) electrons. The molecule has 1 aromatic rings. The Morgan fingerprint density at radius 3 is 2.44 bits per heavy atom. The molecule has 1 aliphatic rings. The van der Waals surface area contributed by atoms with E-state index in [2.05, 4.69) is 6.92 Å². The van der Waals surface area contributed by atoms with E-state index in [4.69, 9.17) is 0 Å². The van der Waals surface area contributed by atoms with Gasteiger partial charge in [-0.05, 0) is 43.7 Å². The van der Waals surface area contributed by atoms with Crippen molar-refractivity contribution in [3.05, 3.63) is 35.4 Å². The lowest BCUT2D eigenvalue weighted by Crippen LogP contribution is -2.22. The van der Waals surface area contributed by atoms with Crippen molar-refractivity contribution in [2.45, 2.75) is 39.0 Å². The number of halogens is 2. The van der Waals surface area contributed by atoms with Crippen LogP contribution < -0.4 is 0 Å². The van der Waals surface area contributed by atoms with Gasteiger partial charge in [0.05, 0.1) is 5.56 Å². The first kappa shape index (κ1) is 13.2. The van der Waals surface area contributed by atoms with Crippen LogP contribution in [0.2, 0.25) is 0 Å². The van der Waals surface area contributed by atoms with Gasteiger partial charge in [0, 0.05) is 12.0 Å². The molecule has 0 aliphatic heterocycles. The van der Waals surface area contributed by atoms with Crippen LogP contribution >= 0.6 is 0 Å². The molecule has 0 bridgehead atoms. The third-order valence-corrected chi connectivity index (χ3v) is 3.99. The number of hydrogen-bond donors (Lipinski definition) is 0. The first-order valence-corrected chi connectivity index (χ1v) is 6.61. The molecular formula is C15H18F2O. The molecule has 1 nitrogen and oxygen atoms in total. The van der Waals surface area contributed by atoms with Gasteiger partial charge in [-0.3, -0.25) is 4.79 Å². The Kier molecular flexibility index (Phi) is 4.10. The maximum absolute atomic E-state index is 13.5. The predicted octanol–water partition coefficient (Wildman–Crippen LogP) is 4.36. The van der Waals surface area contributed by atoms with Crippen molar-refractivity contribution in [2.75, 3.05) is 0 Å². The standard InChI is InChI=1S/C15H18F2O/c1-2-10-3-5-11(6-4-10)15(18)13-8-7-12(16)9-14(13)17/h7-11H,2-6H2,1H3. The Hall–Kier alpha value is -1.25. The third kappa shape index (κ3) is 2.77. The van der Waals surface area contributed by atoms with E-state index in [9.17, 15) is 13.6 Å². The lowest BCUT2D eigenvalue weighted by molar-refractivity contribution is 0.0867. The summed E-state index contributed by atoms with van der Waals surface area (Å²) in [6.45, 7) is 2.16. The van der Waals surface area contributed by atoms with Crippen molar-refractivity contribution in [3.8, 4) is 0 Å². The average molecular weight is 252 g/mol. The molecule has 3 heteroatoms. The largest absolute Gasteiger partial charge is 0.294 e. The molecule has 1 aromatic carbocycles. The van der Waals surface area contributed by atoms with Gasteiger partial charge in [-0.1, -0.05) is 13.3 Å². The maximum Gasteiger partial charge on any atom is 0.168 e. The fourth-order valence-electron chi connectivity index (χ4n) is 2.74. The van der Waals surface area contributed by atoms with E-state index in [-0.39, 0.29) is 17.3 Å². The van der Waals surface area contributed by atoms with Crippen LogP contribution in [0.15, 0.2) is 18.2 Å². The van der Waals surface area contributed by atoms with Gasteiger partial charge in [0.25, 0.3) is 0 Å². The van der Waals surface area contributed by atoms with E-state index in [1.54, 1.807) is 0 Å². The van der Waals surface area contributed by atoms with E-state index >= 15 is 0 Å². The van der Waals surface area contributed by atoms with Crippen LogP contribution in [-0.4, -0.2) is 5.78 Å². The summed E-state index contributed by atoms with van der Waals surface area (Å²) in [6, 6.07) is 3.19. The van der Waals surface area contributed by atoms with Gasteiger partial charge < -0.3 is 0 Å². The topological polar surface area (TPSA) is 17.1 Å². The summed E-state index contributed by atoms with van der Waals surface area (Å²) in [5.41, 5.74) is 0.0383. The number of rotatable bonds is 3. The highest BCUT2D eigenvalue weighted by Crippen LogP contribution is 2.32.